The van der Waals surface area contributed by atoms with E-state index in [-0.39, 0.29) is 5.91 Å². The smallest absolute Gasteiger partial charge is 0.230 e. The second-order valence-electron chi connectivity index (χ2n) is 5.48. The van der Waals surface area contributed by atoms with Gasteiger partial charge in [-0.3, -0.25) is 4.79 Å². The molecule has 0 aliphatic heterocycles. The number of anilines is 1. The standard InChI is InChI=1S/C18H22N2O/c1-15-8-6-7-11-17(15)19-18(21)12-13-20(2)14-16-9-4-3-5-10-16/h3-11H,12-14H2,1-2H3,(H,19,21)/p+1. The molecular weight excluding hydrogens is 260 g/mol. The van der Waals surface area contributed by atoms with E-state index in [0.29, 0.717) is 6.42 Å². The maximum absolute atomic E-state index is 12.0. The van der Waals surface area contributed by atoms with Gasteiger partial charge in [0.05, 0.1) is 20.0 Å². The Bertz CT molecular complexity index is 581. The number of hydrogen-bond donors (Lipinski definition) is 2. The van der Waals surface area contributed by atoms with Gasteiger partial charge in [-0.2, -0.15) is 0 Å². The molecule has 0 aliphatic carbocycles. The summed E-state index contributed by atoms with van der Waals surface area (Å²) in [6.45, 7) is 3.77. The molecule has 0 bridgehead atoms. The lowest BCUT2D eigenvalue weighted by Gasteiger charge is -2.14. The maximum Gasteiger partial charge on any atom is 0.230 e. The Hall–Kier alpha value is -2.13. The summed E-state index contributed by atoms with van der Waals surface area (Å²) in [5, 5.41) is 2.98. The molecule has 21 heavy (non-hydrogen) atoms. The Morgan fingerprint density at radius 3 is 2.43 bits per heavy atom. The molecule has 0 aromatic heterocycles. The SMILES string of the molecule is Cc1ccccc1NC(=O)CC[NH+](C)Cc1ccccc1. The zero-order chi connectivity index (χ0) is 15.1. The van der Waals surface area contributed by atoms with Gasteiger partial charge in [0.15, 0.2) is 0 Å². The monoisotopic (exact) mass is 283 g/mol. The van der Waals surface area contributed by atoms with Crippen molar-refractivity contribution < 1.29 is 9.69 Å². The lowest BCUT2D eigenvalue weighted by atomic mass is 10.2. The highest BCUT2D eigenvalue weighted by molar-refractivity contribution is 5.91. The molecule has 0 saturated carbocycles. The highest BCUT2D eigenvalue weighted by atomic mass is 16.1. The van der Waals surface area contributed by atoms with Crippen LogP contribution in [0.25, 0.3) is 0 Å². The van der Waals surface area contributed by atoms with Gasteiger partial charge in [-0.15, -0.1) is 0 Å². The van der Waals surface area contributed by atoms with E-state index in [1.165, 1.54) is 10.5 Å². The quantitative estimate of drug-likeness (QED) is 0.836. The third-order valence-corrected chi connectivity index (χ3v) is 3.55. The average Bonchev–Trinajstić information content (AvgIpc) is 2.49. The van der Waals surface area contributed by atoms with Gasteiger partial charge in [0, 0.05) is 11.3 Å². The highest BCUT2D eigenvalue weighted by Crippen LogP contribution is 2.12. The van der Waals surface area contributed by atoms with Crippen molar-refractivity contribution in [1.82, 2.24) is 0 Å². The minimum absolute atomic E-state index is 0.0803. The topological polar surface area (TPSA) is 33.5 Å². The van der Waals surface area contributed by atoms with E-state index < -0.39 is 0 Å². The fourth-order valence-corrected chi connectivity index (χ4v) is 2.29. The van der Waals surface area contributed by atoms with Crippen LogP contribution in [0.4, 0.5) is 5.69 Å². The summed E-state index contributed by atoms with van der Waals surface area (Å²) in [5.41, 5.74) is 3.30. The van der Waals surface area contributed by atoms with Crippen molar-refractivity contribution in [2.24, 2.45) is 0 Å². The summed E-state index contributed by atoms with van der Waals surface area (Å²) in [4.78, 5) is 13.3. The van der Waals surface area contributed by atoms with Gasteiger partial charge in [0.1, 0.15) is 6.54 Å². The summed E-state index contributed by atoms with van der Waals surface area (Å²) in [6, 6.07) is 18.2. The number of benzene rings is 2. The predicted octanol–water partition coefficient (Wildman–Crippen LogP) is 2.04. The number of carbonyl (C=O) groups is 1. The summed E-state index contributed by atoms with van der Waals surface area (Å²) >= 11 is 0. The van der Waals surface area contributed by atoms with Crippen LogP contribution in [-0.4, -0.2) is 19.5 Å². The van der Waals surface area contributed by atoms with Gasteiger partial charge in [-0.05, 0) is 18.6 Å². The second-order valence-corrected chi connectivity index (χ2v) is 5.48. The molecule has 2 aromatic rings. The molecular formula is C18H23N2O+. The maximum atomic E-state index is 12.0. The van der Waals surface area contributed by atoms with E-state index in [1.807, 2.05) is 49.4 Å². The molecule has 0 aliphatic rings. The molecule has 0 spiro atoms. The van der Waals surface area contributed by atoms with Gasteiger partial charge < -0.3 is 10.2 Å². The van der Waals surface area contributed by atoms with Crippen LogP contribution in [0.1, 0.15) is 17.5 Å². The van der Waals surface area contributed by atoms with Gasteiger partial charge in [-0.1, -0.05) is 48.5 Å². The number of quaternary nitrogens is 1. The molecule has 1 atom stereocenters. The van der Waals surface area contributed by atoms with Crippen LogP contribution in [0, 0.1) is 6.92 Å². The number of amides is 1. The fourth-order valence-electron chi connectivity index (χ4n) is 2.29. The van der Waals surface area contributed by atoms with Crippen molar-refractivity contribution in [1.29, 1.82) is 0 Å². The van der Waals surface area contributed by atoms with E-state index in [9.17, 15) is 4.79 Å². The Kier molecular flexibility index (Phi) is 5.52. The summed E-state index contributed by atoms with van der Waals surface area (Å²) < 4.78 is 0. The molecule has 3 nitrogen and oxygen atoms in total. The van der Waals surface area contributed by atoms with E-state index >= 15 is 0 Å². The number of para-hydroxylation sites is 1. The van der Waals surface area contributed by atoms with Crippen LogP contribution >= 0.6 is 0 Å². The molecule has 0 fully saturated rings. The lowest BCUT2D eigenvalue weighted by molar-refractivity contribution is -0.893. The highest BCUT2D eigenvalue weighted by Gasteiger charge is 2.09. The van der Waals surface area contributed by atoms with Crippen molar-refractivity contribution in [3.63, 3.8) is 0 Å². The van der Waals surface area contributed by atoms with Gasteiger partial charge in [0.2, 0.25) is 5.91 Å². The Morgan fingerprint density at radius 2 is 1.71 bits per heavy atom. The van der Waals surface area contributed by atoms with E-state index in [1.54, 1.807) is 0 Å². The van der Waals surface area contributed by atoms with E-state index in [4.69, 9.17) is 0 Å². The molecule has 2 rings (SSSR count). The number of rotatable bonds is 6. The Morgan fingerprint density at radius 1 is 1.05 bits per heavy atom. The first kappa shape index (κ1) is 15.3. The van der Waals surface area contributed by atoms with E-state index in [0.717, 1.165) is 24.3 Å². The molecule has 0 saturated heterocycles. The molecule has 1 unspecified atom stereocenters. The normalized spacial score (nSPS) is 11.9. The predicted molar refractivity (Wildman–Crippen MR) is 86.3 cm³/mol. The Balaban J connectivity index is 1.77. The van der Waals surface area contributed by atoms with Crippen LogP contribution in [0.15, 0.2) is 54.6 Å². The van der Waals surface area contributed by atoms with Crippen molar-refractivity contribution in [2.45, 2.75) is 19.9 Å². The zero-order valence-corrected chi connectivity index (χ0v) is 12.7. The third kappa shape index (κ3) is 5.04. The Labute approximate surface area is 126 Å². The molecule has 3 heteroatoms. The van der Waals surface area contributed by atoms with Gasteiger partial charge in [-0.25, -0.2) is 0 Å². The number of carbonyl (C=O) groups excluding carboxylic acids is 1. The fraction of sp³-hybridized carbons (Fsp3) is 0.278. The number of nitrogens with one attached hydrogen (secondary N) is 2. The van der Waals surface area contributed by atoms with Crippen molar-refractivity contribution in [3.8, 4) is 0 Å². The first-order valence-electron chi connectivity index (χ1n) is 7.36. The molecule has 0 heterocycles. The number of hydrogen-bond acceptors (Lipinski definition) is 1. The first-order chi connectivity index (χ1) is 10.1. The zero-order valence-electron chi connectivity index (χ0n) is 12.7. The molecule has 2 N–H and O–H groups in total. The summed E-state index contributed by atoms with van der Waals surface area (Å²) in [6.07, 6.45) is 0.535. The second kappa shape index (κ2) is 7.60. The minimum atomic E-state index is 0.0803. The van der Waals surface area contributed by atoms with Crippen LogP contribution < -0.4 is 10.2 Å². The number of aryl methyl sites for hydroxylation is 1. The van der Waals surface area contributed by atoms with Gasteiger partial charge >= 0.3 is 0 Å². The summed E-state index contributed by atoms with van der Waals surface area (Å²) in [5.74, 6) is 0.0803. The van der Waals surface area contributed by atoms with Crippen LogP contribution in [0.3, 0.4) is 0 Å². The van der Waals surface area contributed by atoms with Crippen molar-refractivity contribution in [2.75, 3.05) is 18.9 Å². The van der Waals surface area contributed by atoms with Crippen molar-refractivity contribution >= 4 is 11.6 Å². The summed E-state index contributed by atoms with van der Waals surface area (Å²) in [7, 11) is 2.12. The van der Waals surface area contributed by atoms with Crippen molar-refractivity contribution in [3.05, 3.63) is 65.7 Å². The molecule has 1 amide bonds. The third-order valence-electron chi connectivity index (χ3n) is 3.55. The average molecular weight is 283 g/mol. The lowest BCUT2D eigenvalue weighted by Crippen LogP contribution is -3.07. The van der Waals surface area contributed by atoms with Crippen LogP contribution in [0.5, 0.6) is 0 Å². The minimum Gasteiger partial charge on any atom is -0.333 e. The molecule has 0 radical (unpaired) electrons. The van der Waals surface area contributed by atoms with E-state index in [2.05, 4.69) is 24.5 Å². The first-order valence-corrected chi connectivity index (χ1v) is 7.36. The van der Waals surface area contributed by atoms with Crippen LogP contribution in [-0.2, 0) is 11.3 Å². The molecule has 2 aromatic carbocycles. The molecule has 110 valence electrons. The van der Waals surface area contributed by atoms with Gasteiger partial charge in [0.25, 0.3) is 0 Å². The van der Waals surface area contributed by atoms with Crippen LogP contribution in [0.2, 0.25) is 0 Å². The largest absolute Gasteiger partial charge is 0.333 e.